The van der Waals surface area contributed by atoms with Crippen LogP contribution in [0.4, 0.5) is 19.0 Å². The third kappa shape index (κ3) is 6.45. The van der Waals surface area contributed by atoms with Crippen LogP contribution in [0.2, 0.25) is 0 Å². The lowest BCUT2D eigenvalue weighted by Gasteiger charge is -2.17. The van der Waals surface area contributed by atoms with E-state index in [1.165, 1.54) is 41.2 Å². The third-order valence-corrected chi connectivity index (χ3v) is 6.23. The van der Waals surface area contributed by atoms with E-state index in [1.54, 1.807) is 23.8 Å². The standard InChI is InChI=1S/C13H13N3OS.C10H6F3NS/c1-2-10-3-4-11(8-12(10)17-7-1)18-16-13-5-6-14-9-15-13;11-10(12,13)8-3-1-2-7(6-8)9-14-4-5-15-9/h3-6,8-9H,1-2,7H2,(H,14,15,16);1-6H. The van der Waals surface area contributed by atoms with Crippen LogP contribution >= 0.6 is 23.3 Å². The van der Waals surface area contributed by atoms with Crippen LogP contribution in [0.5, 0.6) is 5.75 Å². The molecular formula is C23H19F3N4OS2. The fourth-order valence-corrected chi connectivity index (χ4v) is 4.32. The van der Waals surface area contributed by atoms with Gasteiger partial charge < -0.3 is 9.46 Å². The zero-order valence-corrected chi connectivity index (χ0v) is 18.9. The Hall–Kier alpha value is -3.11. The predicted molar refractivity (Wildman–Crippen MR) is 124 cm³/mol. The normalized spacial score (nSPS) is 12.7. The monoisotopic (exact) mass is 488 g/mol. The molecule has 0 atom stereocenters. The van der Waals surface area contributed by atoms with E-state index in [0.29, 0.717) is 10.6 Å². The van der Waals surface area contributed by atoms with Gasteiger partial charge in [-0.05, 0) is 60.7 Å². The quantitative estimate of drug-likeness (QED) is 0.321. The number of thiazole rings is 1. The van der Waals surface area contributed by atoms with Crippen molar-refractivity contribution in [3.63, 3.8) is 0 Å². The number of ether oxygens (including phenoxy) is 1. The first kappa shape index (κ1) is 23.1. The molecule has 0 amide bonds. The summed E-state index contributed by atoms with van der Waals surface area (Å²) >= 11 is 2.84. The van der Waals surface area contributed by atoms with E-state index in [4.69, 9.17) is 4.74 Å². The van der Waals surface area contributed by atoms with Gasteiger partial charge in [-0.1, -0.05) is 18.2 Å². The minimum absolute atomic E-state index is 0.500. The first-order valence-corrected chi connectivity index (χ1v) is 11.7. The van der Waals surface area contributed by atoms with Gasteiger partial charge in [-0.25, -0.2) is 15.0 Å². The average molecular weight is 489 g/mol. The van der Waals surface area contributed by atoms with Crippen molar-refractivity contribution in [3.05, 3.63) is 83.8 Å². The lowest BCUT2D eigenvalue weighted by atomic mass is 10.1. The summed E-state index contributed by atoms with van der Waals surface area (Å²) in [7, 11) is 0. The molecule has 0 radical (unpaired) electrons. The van der Waals surface area contributed by atoms with Gasteiger partial charge in [-0.3, -0.25) is 0 Å². The van der Waals surface area contributed by atoms with E-state index in [0.717, 1.165) is 48.0 Å². The van der Waals surface area contributed by atoms with E-state index in [-0.39, 0.29) is 0 Å². The van der Waals surface area contributed by atoms with E-state index in [1.807, 2.05) is 6.07 Å². The highest BCUT2D eigenvalue weighted by Crippen LogP contribution is 2.33. The Balaban J connectivity index is 0.000000160. The first-order valence-electron chi connectivity index (χ1n) is 10.0. The average Bonchev–Trinajstić information content (AvgIpc) is 3.38. The summed E-state index contributed by atoms with van der Waals surface area (Å²) in [5.74, 6) is 1.81. The molecule has 0 bridgehead atoms. The molecule has 1 aliphatic rings. The number of rotatable bonds is 4. The van der Waals surface area contributed by atoms with Crippen LogP contribution in [0.3, 0.4) is 0 Å². The molecule has 0 fully saturated rings. The second-order valence-electron chi connectivity index (χ2n) is 6.94. The third-order valence-electron chi connectivity index (χ3n) is 4.61. The van der Waals surface area contributed by atoms with E-state index >= 15 is 0 Å². The zero-order chi connectivity index (χ0) is 23.1. The van der Waals surface area contributed by atoms with Gasteiger partial charge in [0.25, 0.3) is 0 Å². The van der Waals surface area contributed by atoms with Gasteiger partial charge >= 0.3 is 6.18 Å². The van der Waals surface area contributed by atoms with Crippen LogP contribution in [0.25, 0.3) is 10.6 Å². The highest BCUT2D eigenvalue weighted by Gasteiger charge is 2.30. The minimum atomic E-state index is -4.30. The number of hydrogen-bond donors (Lipinski definition) is 1. The summed E-state index contributed by atoms with van der Waals surface area (Å²) in [5.41, 5.74) is 1.16. The molecule has 0 aliphatic carbocycles. The molecule has 2 aromatic carbocycles. The topological polar surface area (TPSA) is 59.9 Å². The molecule has 4 aromatic rings. The molecule has 0 spiro atoms. The number of nitrogens with zero attached hydrogens (tertiary/aromatic N) is 3. The van der Waals surface area contributed by atoms with Gasteiger partial charge in [0, 0.05) is 28.2 Å². The van der Waals surface area contributed by atoms with Gasteiger partial charge in [0.1, 0.15) is 22.9 Å². The lowest BCUT2D eigenvalue weighted by Crippen LogP contribution is -2.08. The molecule has 1 aliphatic heterocycles. The summed E-state index contributed by atoms with van der Waals surface area (Å²) in [6.07, 6.45) is 2.73. The number of hydrogen-bond acceptors (Lipinski definition) is 7. The Labute approximate surface area is 197 Å². The highest BCUT2D eigenvalue weighted by atomic mass is 32.2. The van der Waals surface area contributed by atoms with Crippen molar-refractivity contribution >= 4 is 29.1 Å². The maximum absolute atomic E-state index is 12.4. The zero-order valence-electron chi connectivity index (χ0n) is 17.2. The van der Waals surface area contributed by atoms with E-state index in [2.05, 4.69) is 37.9 Å². The van der Waals surface area contributed by atoms with Crippen LogP contribution in [0, 0.1) is 0 Å². The maximum atomic E-state index is 12.4. The van der Waals surface area contributed by atoms with Gasteiger partial charge in [0.2, 0.25) is 0 Å². The molecule has 0 saturated carbocycles. The van der Waals surface area contributed by atoms with Crippen molar-refractivity contribution in [2.75, 3.05) is 11.3 Å². The molecule has 1 N–H and O–H groups in total. The van der Waals surface area contributed by atoms with Crippen molar-refractivity contribution in [2.24, 2.45) is 0 Å². The first-order chi connectivity index (χ1) is 16.0. The molecule has 170 valence electrons. The number of aromatic nitrogens is 3. The number of halogens is 3. The van der Waals surface area contributed by atoms with Crippen LogP contribution in [-0.4, -0.2) is 21.6 Å². The molecule has 33 heavy (non-hydrogen) atoms. The molecule has 5 rings (SSSR count). The van der Waals surface area contributed by atoms with Crippen molar-refractivity contribution in [1.29, 1.82) is 0 Å². The lowest BCUT2D eigenvalue weighted by molar-refractivity contribution is -0.137. The number of nitrogens with one attached hydrogen (secondary N) is 1. The fraction of sp³-hybridized carbons (Fsp3) is 0.174. The maximum Gasteiger partial charge on any atom is 0.416 e. The van der Waals surface area contributed by atoms with Gasteiger partial charge in [-0.2, -0.15) is 13.2 Å². The Morgan fingerprint density at radius 1 is 1.03 bits per heavy atom. The van der Waals surface area contributed by atoms with Gasteiger partial charge in [-0.15, -0.1) is 11.3 Å². The van der Waals surface area contributed by atoms with Crippen molar-refractivity contribution < 1.29 is 17.9 Å². The Morgan fingerprint density at radius 3 is 2.70 bits per heavy atom. The molecule has 0 unspecified atom stereocenters. The summed E-state index contributed by atoms with van der Waals surface area (Å²) in [4.78, 5) is 13.1. The van der Waals surface area contributed by atoms with Crippen molar-refractivity contribution in [3.8, 4) is 16.3 Å². The van der Waals surface area contributed by atoms with E-state index in [9.17, 15) is 13.2 Å². The number of alkyl halides is 3. The molecule has 0 saturated heterocycles. The van der Waals surface area contributed by atoms with Crippen LogP contribution in [0.1, 0.15) is 17.5 Å². The number of fused-ring (bicyclic) bond motifs is 1. The molecule has 3 heterocycles. The van der Waals surface area contributed by atoms with Crippen LogP contribution in [0.15, 0.2) is 77.5 Å². The SMILES string of the molecule is FC(F)(F)c1cccc(-c2nccs2)c1.c1cc(NSc2ccc3c(c2)OCCC3)ncn1. The molecular weight excluding hydrogens is 469 g/mol. The number of benzene rings is 2. The summed E-state index contributed by atoms with van der Waals surface area (Å²) < 4.78 is 46.0. The van der Waals surface area contributed by atoms with Crippen LogP contribution < -0.4 is 9.46 Å². The summed E-state index contributed by atoms with van der Waals surface area (Å²) in [5, 5.41) is 2.33. The second kappa shape index (κ2) is 10.7. The molecule has 10 heteroatoms. The fourth-order valence-electron chi connectivity index (χ4n) is 3.04. The van der Waals surface area contributed by atoms with Crippen LogP contribution in [-0.2, 0) is 12.6 Å². The molecule has 2 aromatic heterocycles. The Kier molecular flexibility index (Phi) is 7.46. The summed E-state index contributed by atoms with van der Waals surface area (Å²) in [6, 6.07) is 13.3. The van der Waals surface area contributed by atoms with E-state index < -0.39 is 11.7 Å². The molecule has 5 nitrogen and oxygen atoms in total. The smallest absolute Gasteiger partial charge is 0.416 e. The predicted octanol–water partition coefficient (Wildman–Crippen LogP) is 6.75. The summed E-state index contributed by atoms with van der Waals surface area (Å²) in [6.45, 7) is 0.820. The second-order valence-corrected chi connectivity index (χ2v) is 8.71. The Morgan fingerprint density at radius 2 is 1.94 bits per heavy atom. The van der Waals surface area contributed by atoms with Crippen molar-refractivity contribution in [2.45, 2.75) is 23.9 Å². The minimum Gasteiger partial charge on any atom is -0.493 e. The highest BCUT2D eigenvalue weighted by molar-refractivity contribution is 8.00. The largest absolute Gasteiger partial charge is 0.493 e. The Bertz CT molecular complexity index is 1170. The van der Waals surface area contributed by atoms with Crippen molar-refractivity contribution in [1.82, 2.24) is 15.0 Å². The number of anilines is 1. The number of aryl methyl sites for hydroxylation is 1. The van der Waals surface area contributed by atoms with Gasteiger partial charge in [0.05, 0.1) is 12.2 Å². The van der Waals surface area contributed by atoms with Gasteiger partial charge in [0.15, 0.2) is 0 Å².